The first kappa shape index (κ1) is 24.4. The topological polar surface area (TPSA) is 67.6 Å². The number of aromatic nitrogens is 3. The number of fused-ring (bicyclic) bond motifs is 7. The van der Waals surface area contributed by atoms with Crippen molar-refractivity contribution in [3.63, 3.8) is 0 Å². The minimum Gasteiger partial charge on any atom is -0.456 e. The number of hydrogen-bond donors (Lipinski definition) is 0. The second-order valence-electron chi connectivity index (χ2n) is 11.0. The minimum absolute atomic E-state index is 0.614. The van der Waals surface area contributed by atoms with E-state index in [1.807, 2.05) is 60.7 Å². The van der Waals surface area contributed by atoms with Crippen LogP contribution in [-0.4, -0.2) is 14.5 Å². The number of benzene rings is 6. The third kappa shape index (κ3) is 3.65. The van der Waals surface area contributed by atoms with Crippen LogP contribution in [0.4, 0.5) is 0 Å². The zero-order valence-corrected chi connectivity index (χ0v) is 23.4. The van der Waals surface area contributed by atoms with Crippen LogP contribution in [0.1, 0.15) is 5.56 Å². The van der Waals surface area contributed by atoms with Crippen molar-refractivity contribution < 1.29 is 4.42 Å². The molecule has 6 aromatic carbocycles. The van der Waals surface area contributed by atoms with Gasteiger partial charge in [-0.2, -0.15) is 5.26 Å². The van der Waals surface area contributed by atoms with Gasteiger partial charge in [0, 0.05) is 32.5 Å². The predicted octanol–water partition coefficient (Wildman–Crippen LogP) is 9.83. The highest BCUT2D eigenvalue weighted by atomic mass is 16.3. The number of hydrogen-bond acceptors (Lipinski definition) is 4. The van der Waals surface area contributed by atoms with Crippen molar-refractivity contribution in [3.05, 3.63) is 139 Å². The molecule has 3 aromatic heterocycles. The van der Waals surface area contributed by atoms with Crippen LogP contribution in [0.15, 0.2) is 138 Å². The van der Waals surface area contributed by atoms with Gasteiger partial charge in [0.05, 0.1) is 33.9 Å². The maximum atomic E-state index is 9.36. The lowest BCUT2D eigenvalue weighted by Crippen LogP contribution is -2.03. The lowest BCUT2D eigenvalue weighted by molar-refractivity contribution is 0.669. The fourth-order valence-corrected chi connectivity index (χ4v) is 6.38. The molecule has 0 fully saturated rings. The smallest absolute Gasteiger partial charge is 0.235 e. The first-order valence-electron chi connectivity index (χ1n) is 14.5. The molecule has 5 nitrogen and oxygen atoms in total. The molecule has 0 N–H and O–H groups in total. The van der Waals surface area contributed by atoms with Gasteiger partial charge in [-0.15, -0.1) is 0 Å². The number of furan rings is 1. The maximum absolute atomic E-state index is 9.36. The van der Waals surface area contributed by atoms with E-state index in [0.29, 0.717) is 11.5 Å². The molecule has 9 aromatic rings. The fraction of sp³-hybridized carbons (Fsp3) is 0. The van der Waals surface area contributed by atoms with Crippen LogP contribution < -0.4 is 0 Å². The van der Waals surface area contributed by atoms with E-state index in [1.165, 1.54) is 0 Å². The van der Waals surface area contributed by atoms with Gasteiger partial charge in [-0.1, -0.05) is 91.0 Å². The van der Waals surface area contributed by atoms with E-state index in [2.05, 4.69) is 83.4 Å². The summed E-state index contributed by atoms with van der Waals surface area (Å²) in [6, 6.07) is 47.3. The highest BCUT2D eigenvalue weighted by molar-refractivity contribution is 6.17. The lowest BCUT2D eigenvalue weighted by atomic mass is 10.00. The van der Waals surface area contributed by atoms with Crippen LogP contribution in [-0.2, 0) is 0 Å². The maximum Gasteiger partial charge on any atom is 0.235 e. The first-order valence-corrected chi connectivity index (χ1v) is 14.5. The summed E-state index contributed by atoms with van der Waals surface area (Å²) in [7, 11) is 0. The van der Waals surface area contributed by atoms with Crippen molar-refractivity contribution in [3.8, 4) is 34.4 Å². The van der Waals surface area contributed by atoms with E-state index in [4.69, 9.17) is 14.4 Å². The van der Waals surface area contributed by atoms with Crippen molar-refractivity contribution in [1.29, 1.82) is 5.26 Å². The summed E-state index contributed by atoms with van der Waals surface area (Å²) in [4.78, 5) is 10.4. The number of nitriles is 1. The van der Waals surface area contributed by atoms with E-state index in [0.717, 1.165) is 77.0 Å². The highest BCUT2D eigenvalue weighted by Crippen LogP contribution is 2.38. The van der Waals surface area contributed by atoms with Gasteiger partial charge >= 0.3 is 0 Å². The van der Waals surface area contributed by atoms with Crippen LogP contribution in [0, 0.1) is 11.3 Å². The van der Waals surface area contributed by atoms with Crippen LogP contribution in [0.2, 0.25) is 0 Å². The molecular weight excluding hydrogens is 540 g/mol. The van der Waals surface area contributed by atoms with Crippen molar-refractivity contribution in [2.24, 2.45) is 0 Å². The van der Waals surface area contributed by atoms with Crippen molar-refractivity contribution >= 4 is 54.6 Å². The van der Waals surface area contributed by atoms with Gasteiger partial charge in [-0.3, -0.25) is 4.57 Å². The van der Waals surface area contributed by atoms with Crippen LogP contribution in [0.25, 0.3) is 83.0 Å². The molecule has 0 aliphatic rings. The molecule has 0 aliphatic carbocycles. The summed E-state index contributed by atoms with van der Waals surface area (Å²) in [5, 5.41) is 14.7. The molecule has 0 atom stereocenters. The average Bonchev–Trinajstić information content (AvgIpc) is 3.61. The molecule has 0 amide bonds. The standard InChI is InChI=1S/C39H22N4O/c40-23-24-8-7-9-27(20-24)25-16-18-26(19-17-25)38-30-12-1-4-13-33(30)41-39(42-38)43-34-14-5-2-10-28(34)31-22-37-32(21-35(31)43)29-11-3-6-15-36(29)44-37/h1-22H. The molecule has 44 heavy (non-hydrogen) atoms. The quantitative estimate of drug-likeness (QED) is 0.215. The molecule has 3 heterocycles. The Hall–Kier alpha value is -6.25. The minimum atomic E-state index is 0.614. The zero-order valence-electron chi connectivity index (χ0n) is 23.4. The normalized spacial score (nSPS) is 11.6. The monoisotopic (exact) mass is 562 g/mol. The average molecular weight is 563 g/mol. The molecule has 0 spiro atoms. The third-order valence-electron chi connectivity index (χ3n) is 8.45. The summed E-state index contributed by atoms with van der Waals surface area (Å²) < 4.78 is 8.43. The van der Waals surface area contributed by atoms with E-state index >= 15 is 0 Å². The summed E-state index contributed by atoms with van der Waals surface area (Å²) >= 11 is 0. The van der Waals surface area contributed by atoms with Crippen LogP contribution in [0.5, 0.6) is 0 Å². The van der Waals surface area contributed by atoms with E-state index in [-0.39, 0.29) is 0 Å². The SMILES string of the molecule is N#Cc1cccc(-c2ccc(-c3nc(-n4c5ccccc5c5cc6oc7ccccc7c6cc54)nc4ccccc34)cc2)c1. The van der Waals surface area contributed by atoms with Gasteiger partial charge in [-0.25, -0.2) is 9.97 Å². The Morgan fingerprint density at radius 1 is 0.523 bits per heavy atom. The van der Waals surface area contributed by atoms with Crippen LogP contribution >= 0.6 is 0 Å². The first-order chi connectivity index (χ1) is 21.7. The van der Waals surface area contributed by atoms with Gasteiger partial charge in [0.2, 0.25) is 5.95 Å². The Bertz CT molecular complexity index is 2620. The molecule has 0 radical (unpaired) electrons. The van der Waals surface area contributed by atoms with E-state index in [1.54, 1.807) is 0 Å². The molecule has 5 heteroatoms. The van der Waals surface area contributed by atoms with Gasteiger partial charge < -0.3 is 4.42 Å². The summed E-state index contributed by atoms with van der Waals surface area (Å²) in [5.41, 5.74) is 9.23. The Morgan fingerprint density at radius 3 is 2.14 bits per heavy atom. The van der Waals surface area contributed by atoms with Crippen molar-refractivity contribution in [2.75, 3.05) is 0 Å². The van der Waals surface area contributed by atoms with Crippen molar-refractivity contribution in [1.82, 2.24) is 14.5 Å². The Labute approximate surface area is 251 Å². The highest BCUT2D eigenvalue weighted by Gasteiger charge is 2.19. The number of para-hydroxylation sites is 3. The summed E-state index contributed by atoms with van der Waals surface area (Å²) in [5.74, 6) is 0.614. The predicted molar refractivity (Wildman–Crippen MR) is 177 cm³/mol. The number of rotatable bonds is 3. The van der Waals surface area contributed by atoms with Gasteiger partial charge in [0.25, 0.3) is 0 Å². The second kappa shape index (κ2) is 9.38. The van der Waals surface area contributed by atoms with Gasteiger partial charge in [0.1, 0.15) is 11.2 Å². The van der Waals surface area contributed by atoms with Gasteiger partial charge in [0.15, 0.2) is 0 Å². The lowest BCUT2D eigenvalue weighted by Gasteiger charge is -2.12. The second-order valence-corrected chi connectivity index (χ2v) is 11.0. The molecule has 204 valence electrons. The largest absolute Gasteiger partial charge is 0.456 e. The molecule has 9 rings (SSSR count). The van der Waals surface area contributed by atoms with Crippen LogP contribution in [0.3, 0.4) is 0 Å². The Balaban J connectivity index is 1.29. The van der Waals surface area contributed by atoms with Crippen molar-refractivity contribution in [2.45, 2.75) is 0 Å². The molecule has 0 unspecified atom stereocenters. The van der Waals surface area contributed by atoms with E-state index in [9.17, 15) is 5.26 Å². The zero-order chi connectivity index (χ0) is 29.2. The number of nitrogens with zero attached hydrogens (tertiary/aromatic N) is 4. The summed E-state index contributed by atoms with van der Waals surface area (Å²) in [6.45, 7) is 0. The molecule has 0 saturated heterocycles. The third-order valence-corrected chi connectivity index (χ3v) is 8.45. The molecule has 0 bridgehead atoms. The molecule has 0 aliphatic heterocycles. The molecular formula is C39H22N4O. The van der Waals surface area contributed by atoms with Gasteiger partial charge in [-0.05, 0) is 53.6 Å². The Kier molecular flexibility index (Phi) is 5.19. The van der Waals surface area contributed by atoms with E-state index < -0.39 is 0 Å². The fourth-order valence-electron chi connectivity index (χ4n) is 6.38. The molecule has 0 saturated carbocycles. The summed E-state index contributed by atoms with van der Waals surface area (Å²) in [6.07, 6.45) is 0. The Morgan fingerprint density at radius 2 is 1.27 bits per heavy atom.